The van der Waals surface area contributed by atoms with Crippen molar-refractivity contribution in [2.45, 2.75) is 25.7 Å². The molecule has 0 N–H and O–H groups in total. The zero-order valence-electron chi connectivity index (χ0n) is 19.3. The van der Waals surface area contributed by atoms with Gasteiger partial charge < -0.3 is 9.47 Å². The summed E-state index contributed by atoms with van der Waals surface area (Å²) >= 11 is 0. The van der Waals surface area contributed by atoms with E-state index in [1.54, 1.807) is 0 Å². The maximum atomic E-state index is 13.2. The van der Waals surface area contributed by atoms with E-state index in [9.17, 15) is 50.0 Å². The van der Waals surface area contributed by atoms with Crippen LogP contribution in [0.5, 0.6) is 11.5 Å². The number of rotatable bonds is 8. The summed E-state index contributed by atoms with van der Waals surface area (Å²) in [5.41, 5.74) is -2.79. The van der Waals surface area contributed by atoms with Gasteiger partial charge in [-0.05, 0) is 49.7 Å². The van der Waals surface area contributed by atoms with Crippen molar-refractivity contribution < 1.29 is 38.8 Å². The second kappa shape index (κ2) is 10.2. The number of carbonyl (C=O) groups excluding carboxylic acids is 2. The average Bonchev–Trinajstić information content (AvgIpc) is 2.88. The summed E-state index contributed by atoms with van der Waals surface area (Å²) in [5, 5.41) is 44.8. The predicted octanol–water partition coefficient (Wildman–Crippen LogP) is 3.88. The van der Waals surface area contributed by atoms with Crippen LogP contribution in [0.25, 0.3) is 0 Å². The number of nitro benzene ring substituents is 4. The molecule has 3 saturated carbocycles. The zero-order chi connectivity index (χ0) is 27.7. The van der Waals surface area contributed by atoms with Crippen LogP contribution in [0.15, 0.2) is 36.4 Å². The zero-order valence-corrected chi connectivity index (χ0v) is 19.3. The van der Waals surface area contributed by atoms with Gasteiger partial charge in [-0.1, -0.05) is 0 Å². The number of carbonyl (C=O) groups is 2. The number of non-ortho nitro benzene ring substituents is 2. The molecule has 38 heavy (non-hydrogen) atoms. The van der Waals surface area contributed by atoms with Crippen LogP contribution in [0.1, 0.15) is 25.7 Å². The van der Waals surface area contributed by atoms with Crippen LogP contribution < -0.4 is 9.47 Å². The van der Waals surface area contributed by atoms with Gasteiger partial charge >= 0.3 is 23.3 Å². The van der Waals surface area contributed by atoms with Crippen LogP contribution in [0.3, 0.4) is 0 Å². The van der Waals surface area contributed by atoms with Crippen LogP contribution >= 0.6 is 0 Å². The van der Waals surface area contributed by atoms with Gasteiger partial charge in [-0.2, -0.15) is 0 Å². The molecule has 16 heteroatoms. The molecule has 2 atom stereocenters. The van der Waals surface area contributed by atoms with Gasteiger partial charge in [0.1, 0.15) is 0 Å². The summed E-state index contributed by atoms with van der Waals surface area (Å²) in [6.45, 7) is 0. The molecule has 198 valence electrons. The van der Waals surface area contributed by atoms with E-state index in [1.807, 2.05) is 0 Å². The number of esters is 2. The summed E-state index contributed by atoms with van der Waals surface area (Å²) in [5.74, 6) is -5.89. The molecule has 2 aromatic rings. The summed E-state index contributed by atoms with van der Waals surface area (Å²) < 4.78 is 10.5. The monoisotopic (exact) mass is 530 g/mol. The van der Waals surface area contributed by atoms with Crippen molar-refractivity contribution in [3.63, 3.8) is 0 Å². The van der Waals surface area contributed by atoms with Gasteiger partial charge in [0.25, 0.3) is 11.4 Å². The van der Waals surface area contributed by atoms with E-state index >= 15 is 0 Å². The third-order valence-corrected chi connectivity index (χ3v) is 6.88. The molecule has 0 aromatic heterocycles. The Labute approximate surface area is 211 Å². The van der Waals surface area contributed by atoms with Crippen molar-refractivity contribution in [1.29, 1.82) is 0 Å². The SMILES string of the molecule is O=C(Oc1ccc([N+](=O)[O-])cc1[N+](=O)[O-])[C@H]1C2CCC(CC2)[C@@H]1C(=O)Oc1ccc([N+](=O)[O-])cc1[N+](=O)[O-]. The number of nitrogens with zero attached hydrogens (tertiary/aromatic N) is 4. The van der Waals surface area contributed by atoms with Gasteiger partial charge in [0.15, 0.2) is 0 Å². The van der Waals surface area contributed by atoms with Crippen molar-refractivity contribution in [3.05, 3.63) is 76.9 Å². The Balaban J connectivity index is 1.62. The number of hydrogen-bond donors (Lipinski definition) is 0. The first-order valence-corrected chi connectivity index (χ1v) is 11.3. The Morgan fingerprint density at radius 2 is 0.947 bits per heavy atom. The smallest absolute Gasteiger partial charge is 0.318 e. The summed E-state index contributed by atoms with van der Waals surface area (Å²) in [4.78, 5) is 67.7. The van der Waals surface area contributed by atoms with Crippen molar-refractivity contribution in [2.24, 2.45) is 23.7 Å². The van der Waals surface area contributed by atoms with E-state index in [-0.39, 0.29) is 11.8 Å². The summed E-state index contributed by atoms with van der Waals surface area (Å²) in [7, 11) is 0. The second-order valence-corrected chi connectivity index (χ2v) is 8.90. The summed E-state index contributed by atoms with van der Waals surface area (Å²) in [6, 6.07) is 5.00. The van der Waals surface area contributed by atoms with Crippen molar-refractivity contribution in [1.82, 2.24) is 0 Å². The first kappa shape index (κ1) is 26.1. The second-order valence-electron chi connectivity index (χ2n) is 8.90. The minimum atomic E-state index is -1.10. The van der Waals surface area contributed by atoms with E-state index in [0.717, 1.165) is 24.3 Å². The van der Waals surface area contributed by atoms with Crippen LogP contribution in [0.2, 0.25) is 0 Å². The first-order chi connectivity index (χ1) is 18.0. The molecular formula is C22H18N4O12. The molecule has 0 heterocycles. The number of benzene rings is 2. The van der Waals surface area contributed by atoms with Gasteiger partial charge in [-0.15, -0.1) is 0 Å². The Morgan fingerprint density at radius 1 is 0.605 bits per heavy atom. The van der Waals surface area contributed by atoms with Crippen LogP contribution in [-0.4, -0.2) is 31.6 Å². The van der Waals surface area contributed by atoms with Gasteiger partial charge in [-0.3, -0.25) is 50.0 Å². The average molecular weight is 530 g/mol. The van der Waals surface area contributed by atoms with Gasteiger partial charge in [-0.25, -0.2) is 0 Å². The Hall–Kier alpha value is -5.02. The lowest BCUT2D eigenvalue weighted by Crippen LogP contribution is -2.49. The molecule has 0 spiro atoms. The minimum Gasteiger partial charge on any atom is -0.419 e. The fraction of sp³-hybridized carbons (Fsp3) is 0.364. The van der Waals surface area contributed by atoms with Crippen molar-refractivity contribution >= 4 is 34.7 Å². The molecule has 5 rings (SSSR count). The third-order valence-electron chi connectivity index (χ3n) is 6.88. The Kier molecular flexibility index (Phi) is 6.96. The highest BCUT2D eigenvalue weighted by Crippen LogP contribution is 2.50. The van der Waals surface area contributed by atoms with E-state index in [4.69, 9.17) is 9.47 Å². The van der Waals surface area contributed by atoms with Gasteiger partial charge in [0, 0.05) is 12.1 Å². The lowest BCUT2D eigenvalue weighted by atomic mass is 9.58. The molecule has 3 aliphatic carbocycles. The number of fused-ring (bicyclic) bond motifs is 3. The Morgan fingerprint density at radius 3 is 1.24 bits per heavy atom. The molecule has 3 aliphatic rings. The molecule has 2 aromatic carbocycles. The fourth-order valence-electron chi connectivity index (χ4n) is 5.18. The van der Waals surface area contributed by atoms with Crippen molar-refractivity contribution in [2.75, 3.05) is 0 Å². The minimum absolute atomic E-state index is 0.339. The normalized spacial score (nSPS) is 21.8. The molecule has 0 radical (unpaired) electrons. The maximum absolute atomic E-state index is 13.2. The molecule has 3 fully saturated rings. The van der Waals surface area contributed by atoms with Gasteiger partial charge in [0.2, 0.25) is 11.5 Å². The largest absolute Gasteiger partial charge is 0.419 e. The highest BCUT2D eigenvalue weighted by atomic mass is 16.6. The van der Waals surface area contributed by atoms with E-state index in [2.05, 4.69) is 0 Å². The molecular weight excluding hydrogens is 512 g/mol. The van der Waals surface area contributed by atoms with E-state index in [1.165, 1.54) is 0 Å². The quantitative estimate of drug-likeness (QED) is 0.205. The molecule has 0 amide bonds. The van der Waals surface area contributed by atoms with Crippen LogP contribution in [0, 0.1) is 64.1 Å². The molecule has 0 unspecified atom stereocenters. The Bertz CT molecular complexity index is 1260. The van der Waals surface area contributed by atoms with Crippen LogP contribution in [-0.2, 0) is 9.59 Å². The molecule has 16 nitrogen and oxygen atoms in total. The summed E-state index contributed by atoms with van der Waals surface area (Å²) in [6.07, 6.45) is 2.25. The lowest BCUT2D eigenvalue weighted by molar-refractivity contribution is -0.394. The molecule has 0 saturated heterocycles. The number of hydrogen-bond acceptors (Lipinski definition) is 12. The molecule has 2 bridgehead atoms. The predicted molar refractivity (Wildman–Crippen MR) is 123 cm³/mol. The molecule has 0 aliphatic heterocycles. The topological polar surface area (TPSA) is 225 Å². The highest BCUT2D eigenvalue weighted by Gasteiger charge is 2.52. The lowest BCUT2D eigenvalue weighted by Gasteiger charge is -2.45. The maximum Gasteiger partial charge on any atom is 0.318 e. The van der Waals surface area contributed by atoms with Crippen LogP contribution in [0.4, 0.5) is 22.7 Å². The highest BCUT2D eigenvalue weighted by molar-refractivity contribution is 5.86. The van der Waals surface area contributed by atoms with E-state index in [0.29, 0.717) is 37.8 Å². The first-order valence-electron chi connectivity index (χ1n) is 11.3. The number of ether oxygens (including phenoxy) is 2. The fourth-order valence-corrected chi connectivity index (χ4v) is 5.18. The van der Waals surface area contributed by atoms with Gasteiger partial charge in [0.05, 0.1) is 43.7 Å². The number of nitro groups is 4. The standard InChI is InChI=1S/C22H18N4O12/c27-21(37-17-7-5-13(23(29)30)9-15(17)25(33)34)19-11-1-2-12(4-3-11)20(19)22(28)38-18-8-6-14(24(31)32)10-16(18)26(35)36/h5-12,19-20H,1-4H2/t11?,12?,19-,20-/m0/s1. The third kappa shape index (κ3) is 4.95. The van der Waals surface area contributed by atoms with E-state index < -0.39 is 77.7 Å². The van der Waals surface area contributed by atoms with Crippen molar-refractivity contribution in [3.8, 4) is 11.5 Å².